The van der Waals surface area contributed by atoms with Crippen LogP contribution in [0, 0.1) is 5.92 Å². The molecule has 0 radical (unpaired) electrons. The van der Waals surface area contributed by atoms with Gasteiger partial charge in [-0.2, -0.15) is 5.10 Å². The Kier molecular flexibility index (Phi) is 5.61. The molecule has 3 rings (SSSR count). The molecule has 2 amide bonds. The fraction of sp³-hybridized carbons (Fsp3) is 0.421. The summed E-state index contributed by atoms with van der Waals surface area (Å²) in [5.74, 6) is 0.118. The lowest BCUT2D eigenvalue weighted by atomic mass is 9.95. The Balaban J connectivity index is 1.60. The summed E-state index contributed by atoms with van der Waals surface area (Å²) in [6.07, 6.45) is 4.76. The number of rotatable bonds is 4. The summed E-state index contributed by atoms with van der Waals surface area (Å²) in [7, 11) is 3.54. The highest BCUT2D eigenvalue weighted by molar-refractivity contribution is 6.31. The molecule has 2 heterocycles. The van der Waals surface area contributed by atoms with Gasteiger partial charge in [0.2, 0.25) is 5.91 Å². The quantitative estimate of drug-likeness (QED) is 0.826. The Morgan fingerprint density at radius 3 is 2.58 bits per heavy atom. The summed E-state index contributed by atoms with van der Waals surface area (Å²) in [5, 5.41) is 4.97. The first-order chi connectivity index (χ1) is 12.5. The topological polar surface area (TPSA) is 58.4 Å². The van der Waals surface area contributed by atoms with E-state index < -0.39 is 0 Å². The number of benzene rings is 1. The molecule has 2 aromatic rings. The molecule has 1 saturated heterocycles. The van der Waals surface area contributed by atoms with Crippen molar-refractivity contribution < 1.29 is 9.59 Å². The van der Waals surface area contributed by atoms with E-state index >= 15 is 0 Å². The van der Waals surface area contributed by atoms with Crippen LogP contribution < -0.4 is 0 Å². The molecule has 1 aromatic carbocycles. The average Bonchev–Trinajstić information content (AvgIpc) is 3.11. The predicted molar refractivity (Wildman–Crippen MR) is 100 cm³/mol. The lowest BCUT2D eigenvalue weighted by Gasteiger charge is -2.32. The van der Waals surface area contributed by atoms with Crippen molar-refractivity contribution in [2.75, 3.05) is 27.2 Å². The van der Waals surface area contributed by atoms with Crippen LogP contribution in [0.2, 0.25) is 5.02 Å². The molecule has 0 N–H and O–H groups in total. The summed E-state index contributed by atoms with van der Waals surface area (Å²) in [4.78, 5) is 28.2. The van der Waals surface area contributed by atoms with Gasteiger partial charge in [-0.3, -0.25) is 14.3 Å². The van der Waals surface area contributed by atoms with E-state index in [1.54, 1.807) is 41.0 Å². The third kappa shape index (κ3) is 4.07. The number of hydrogen-bond acceptors (Lipinski definition) is 3. The first-order valence-electron chi connectivity index (χ1n) is 8.72. The van der Waals surface area contributed by atoms with E-state index in [9.17, 15) is 9.59 Å². The minimum absolute atomic E-state index is 0.0111. The molecule has 138 valence electrons. The summed E-state index contributed by atoms with van der Waals surface area (Å²) < 4.78 is 1.72. The van der Waals surface area contributed by atoms with E-state index in [1.165, 1.54) is 0 Å². The Morgan fingerprint density at radius 2 is 1.92 bits per heavy atom. The maximum atomic E-state index is 12.7. The zero-order chi connectivity index (χ0) is 18.7. The first kappa shape index (κ1) is 18.5. The number of hydrogen-bond donors (Lipinski definition) is 0. The predicted octanol–water partition coefficient (Wildman–Crippen LogP) is 2.53. The molecule has 7 heteroatoms. The molecule has 0 atom stereocenters. The van der Waals surface area contributed by atoms with Gasteiger partial charge in [-0.05, 0) is 24.5 Å². The van der Waals surface area contributed by atoms with E-state index in [0.29, 0.717) is 43.1 Å². The van der Waals surface area contributed by atoms with Gasteiger partial charge < -0.3 is 9.80 Å². The number of carbonyl (C=O) groups excluding carboxylic acids is 2. The average molecular weight is 375 g/mol. The number of piperidine rings is 1. The molecular formula is C19H23ClN4O2. The number of halogens is 1. The molecule has 0 bridgehead atoms. The van der Waals surface area contributed by atoms with Crippen LogP contribution in [0.3, 0.4) is 0 Å². The zero-order valence-corrected chi connectivity index (χ0v) is 15.8. The van der Waals surface area contributed by atoms with Crippen LogP contribution >= 0.6 is 11.6 Å². The van der Waals surface area contributed by atoms with Gasteiger partial charge in [0.15, 0.2) is 0 Å². The van der Waals surface area contributed by atoms with Crippen LogP contribution in [0.4, 0.5) is 0 Å². The van der Waals surface area contributed by atoms with Crippen molar-refractivity contribution in [1.82, 2.24) is 19.6 Å². The monoisotopic (exact) mass is 374 g/mol. The summed E-state index contributed by atoms with van der Waals surface area (Å²) >= 11 is 6.18. The summed E-state index contributed by atoms with van der Waals surface area (Å²) in [6, 6.07) is 7.59. The Labute approximate surface area is 158 Å². The standard InChI is InChI=1S/C19H23ClN4O2/c1-22(2)18(25)14-7-9-23(10-8-14)19(26)16-11-21-24(13-16)12-15-5-3-4-6-17(15)20/h3-6,11,13-14H,7-10,12H2,1-2H3. The number of amides is 2. The molecule has 1 fully saturated rings. The first-order valence-corrected chi connectivity index (χ1v) is 9.10. The van der Waals surface area contributed by atoms with Crippen molar-refractivity contribution in [2.24, 2.45) is 5.92 Å². The van der Waals surface area contributed by atoms with Gasteiger partial charge in [0.25, 0.3) is 5.91 Å². The molecule has 0 aliphatic carbocycles. The third-order valence-electron chi connectivity index (χ3n) is 4.74. The second-order valence-electron chi connectivity index (χ2n) is 6.82. The minimum Gasteiger partial charge on any atom is -0.349 e. The maximum absolute atomic E-state index is 12.7. The van der Waals surface area contributed by atoms with Crippen LogP contribution in [-0.2, 0) is 11.3 Å². The largest absolute Gasteiger partial charge is 0.349 e. The van der Waals surface area contributed by atoms with Crippen LogP contribution in [0.5, 0.6) is 0 Å². The molecule has 1 aliphatic rings. The van der Waals surface area contributed by atoms with Crippen LogP contribution in [0.25, 0.3) is 0 Å². The SMILES string of the molecule is CN(C)C(=O)C1CCN(C(=O)c2cnn(Cc3ccccc3Cl)c2)CC1. The van der Waals surface area contributed by atoms with Gasteiger partial charge in [0.1, 0.15) is 0 Å². The van der Waals surface area contributed by atoms with E-state index in [-0.39, 0.29) is 17.7 Å². The van der Waals surface area contributed by atoms with Gasteiger partial charge in [-0.1, -0.05) is 29.8 Å². The van der Waals surface area contributed by atoms with Crippen molar-refractivity contribution in [2.45, 2.75) is 19.4 Å². The fourth-order valence-electron chi connectivity index (χ4n) is 3.24. The zero-order valence-electron chi connectivity index (χ0n) is 15.1. The minimum atomic E-state index is -0.0360. The van der Waals surface area contributed by atoms with Crippen molar-refractivity contribution in [3.05, 3.63) is 52.8 Å². The highest BCUT2D eigenvalue weighted by atomic mass is 35.5. The summed E-state index contributed by atoms with van der Waals surface area (Å²) in [5.41, 5.74) is 1.52. The Bertz CT molecular complexity index is 794. The number of likely N-dealkylation sites (tertiary alicyclic amines) is 1. The summed E-state index contributed by atoms with van der Waals surface area (Å²) in [6.45, 7) is 1.71. The third-order valence-corrected chi connectivity index (χ3v) is 5.11. The maximum Gasteiger partial charge on any atom is 0.257 e. The van der Waals surface area contributed by atoms with Gasteiger partial charge in [-0.25, -0.2) is 0 Å². The number of carbonyl (C=O) groups is 2. The van der Waals surface area contributed by atoms with Crippen LogP contribution in [-0.4, -0.2) is 58.6 Å². The van der Waals surface area contributed by atoms with Crippen molar-refractivity contribution >= 4 is 23.4 Å². The highest BCUT2D eigenvalue weighted by Crippen LogP contribution is 2.21. The van der Waals surface area contributed by atoms with Crippen LogP contribution in [0.15, 0.2) is 36.7 Å². The van der Waals surface area contributed by atoms with E-state index in [4.69, 9.17) is 11.6 Å². The van der Waals surface area contributed by atoms with Crippen molar-refractivity contribution in [1.29, 1.82) is 0 Å². The molecule has 1 aromatic heterocycles. The molecule has 6 nitrogen and oxygen atoms in total. The van der Waals surface area contributed by atoms with Crippen molar-refractivity contribution in [3.8, 4) is 0 Å². The van der Waals surface area contributed by atoms with E-state index in [1.807, 2.05) is 24.3 Å². The van der Waals surface area contributed by atoms with Gasteiger partial charge in [0, 0.05) is 44.3 Å². The molecule has 1 aliphatic heterocycles. The van der Waals surface area contributed by atoms with E-state index in [2.05, 4.69) is 5.10 Å². The van der Waals surface area contributed by atoms with Crippen LogP contribution in [0.1, 0.15) is 28.8 Å². The second-order valence-corrected chi connectivity index (χ2v) is 7.22. The van der Waals surface area contributed by atoms with Gasteiger partial charge in [-0.15, -0.1) is 0 Å². The Hall–Kier alpha value is -2.34. The number of nitrogens with zero attached hydrogens (tertiary/aromatic N) is 4. The number of aromatic nitrogens is 2. The molecule has 26 heavy (non-hydrogen) atoms. The molecular weight excluding hydrogens is 352 g/mol. The normalized spacial score (nSPS) is 15.1. The smallest absolute Gasteiger partial charge is 0.257 e. The van der Waals surface area contributed by atoms with Gasteiger partial charge in [0.05, 0.1) is 18.3 Å². The molecule has 0 unspecified atom stereocenters. The molecule has 0 saturated carbocycles. The lowest BCUT2D eigenvalue weighted by molar-refractivity contribution is -0.134. The lowest BCUT2D eigenvalue weighted by Crippen LogP contribution is -2.42. The second kappa shape index (κ2) is 7.91. The molecule has 0 spiro atoms. The highest BCUT2D eigenvalue weighted by Gasteiger charge is 2.29. The van der Waals surface area contributed by atoms with E-state index in [0.717, 1.165) is 5.56 Å². The Morgan fingerprint density at radius 1 is 1.23 bits per heavy atom. The van der Waals surface area contributed by atoms with Gasteiger partial charge >= 0.3 is 0 Å². The fourth-order valence-corrected chi connectivity index (χ4v) is 3.43. The van der Waals surface area contributed by atoms with Crippen molar-refractivity contribution in [3.63, 3.8) is 0 Å².